The molecule has 13 heavy (non-hydrogen) atoms. The summed E-state index contributed by atoms with van der Waals surface area (Å²) in [6, 6.07) is 0. The van der Waals surface area contributed by atoms with Crippen LogP contribution in [0.4, 0.5) is 4.79 Å². The third kappa shape index (κ3) is 1.94. The average Bonchev–Trinajstić information content (AvgIpc) is 2.39. The van der Waals surface area contributed by atoms with Crippen molar-refractivity contribution in [1.82, 2.24) is 4.90 Å². The van der Waals surface area contributed by atoms with Gasteiger partial charge in [-0.2, -0.15) is 0 Å². The Balaban J connectivity index is 2.69. The van der Waals surface area contributed by atoms with E-state index >= 15 is 0 Å². The van der Waals surface area contributed by atoms with Crippen LogP contribution in [0.2, 0.25) is 0 Å². The Labute approximate surface area is 79.0 Å². The van der Waals surface area contributed by atoms with Gasteiger partial charge in [0, 0.05) is 12.1 Å². The summed E-state index contributed by atoms with van der Waals surface area (Å²) in [5.74, 6) is 0.411. The molecule has 0 spiro atoms. The fourth-order valence-electron chi connectivity index (χ4n) is 1.98. The topological polar surface area (TPSA) is 55.6 Å². The second kappa shape index (κ2) is 3.54. The largest absolute Gasteiger partial charge is 0.453 e. The number of likely N-dealkylation sites (tertiary alicyclic amines) is 1. The van der Waals surface area contributed by atoms with Crippen molar-refractivity contribution in [3.05, 3.63) is 0 Å². The smallest absolute Gasteiger partial charge is 0.409 e. The zero-order valence-electron chi connectivity index (χ0n) is 8.54. The second-order valence-corrected chi connectivity index (χ2v) is 4.20. The van der Waals surface area contributed by atoms with Gasteiger partial charge >= 0.3 is 6.09 Å². The van der Waals surface area contributed by atoms with Crippen molar-refractivity contribution in [2.45, 2.75) is 25.8 Å². The molecule has 1 rings (SSSR count). The molecule has 2 N–H and O–H groups in total. The highest BCUT2D eigenvalue weighted by molar-refractivity contribution is 5.68. The molecule has 0 aromatic rings. The van der Waals surface area contributed by atoms with E-state index < -0.39 is 0 Å². The Kier molecular flexibility index (Phi) is 2.81. The molecule has 0 aliphatic carbocycles. The number of amides is 1. The summed E-state index contributed by atoms with van der Waals surface area (Å²) < 4.78 is 4.71. The highest BCUT2D eigenvalue weighted by Gasteiger charge is 2.40. The summed E-state index contributed by atoms with van der Waals surface area (Å²) in [4.78, 5) is 13.1. The van der Waals surface area contributed by atoms with Gasteiger partial charge in [-0.15, -0.1) is 0 Å². The molecular formula is C9H18N2O2. The number of carbonyl (C=O) groups excluding carboxylic acids is 1. The molecule has 1 amide bonds. The van der Waals surface area contributed by atoms with Crippen LogP contribution in [-0.2, 0) is 4.74 Å². The maximum absolute atomic E-state index is 11.4. The molecule has 0 bridgehead atoms. The van der Waals surface area contributed by atoms with Crippen molar-refractivity contribution < 1.29 is 9.53 Å². The zero-order chi connectivity index (χ0) is 10.1. The second-order valence-electron chi connectivity index (χ2n) is 4.20. The lowest BCUT2D eigenvalue weighted by molar-refractivity contribution is 0.0981. The van der Waals surface area contributed by atoms with Crippen molar-refractivity contribution in [3.8, 4) is 0 Å². The summed E-state index contributed by atoms with van der Waals surface area (Å²) in [6.45, 7) is 5.44. The summed E-state index contributed by atoms with van der Waals surface area (Å²) in [6.07, 6.45) is 0.708. The molecule has 76 valence electrons. The molecule has 0 aromatic heterocycles. The summed E-state index contributed by atoms with van der Waals surface area (Å²) in [5, 5.41) is 0. The van der Waals surface area contributed by atoms with Gasteiger partial charge in [-0.1, -0.05) is 0 Å². The maximum atomic E-state index is 11.4. The van der Waals surface area contributed by atoms with Gasteiger partial charge in [0.15, 0.2) is 0 Å². The summed E-state index contributed by atoms with van der Waals surface area (Å²) >= 11 is 0. The predicted molar refractivity (Wildman–Crippen MR) is 50.4 cm³/mol. The van der Waals surface area contributed by atoms with Gasteiger partial charge in [0.2, 0.25) is 0 Å². The molecule has 1 saturated heterocycles. The Hall–Kier alpha value is -0.770. The van der Waals surface area contributed by atoms with Gasteiger partial charge in [0.25, 0.3) is 0 Å². The number of ether oxygens (including phenoxy) is 1. The van der Waals surface area contributed by atoms with Crippen LogP contribution < -0.4 is 5.73 Å². The van der Waals surface area contributed by atoms with Gasteiger partial charge in [-0.3, -0.25) is 0 Å². The minimum absolute atomic E-state index is 0.114. The molecule has 1 aliphatic heterocycles. The SMILES string of the molecule is COC(=O)N1CC(CN)CC1(C)C. The predicted octanol–water partition coefficient (Wildman–Crippen LogP) is 0.812. The number of hydrogen-bond donors (Lipinski definition) is 1. The average molecular weight is 186 g/mol. The standard InChI is InChI=1S/C9H18N2O2/c1-9(2)4-7(5-10)6-11(9)8(12)13-3/h7H,4-6,10H2,1-3H3. The van der Waals surface area contributed by atoms with Crippen LogP contribution >= 0.6 is 0 Å². The number of methoxy groups -OCH3 is 1. The van der Waals surface area contributed by atoms with Crippen molar-refractivity contribution in [3.63, 3.8) is 0 Å². The van der Waals surface area contributed by atoms with Crippen LogP contribution in [0, 0.1) is 5.92 Å². The molecule has 0 radical (unpaired) electrons. The fraction of sp³-hybridized carbons (Fsp3) is 0.889. The first kappa shape index (κ1) is 10.3. The fourth-order valence-corrected chi connectivity index (χ4v) is 1.98. The molecule has 0 aromatic carbocycles. The lowest BCUT2D eigenvalue weighted by atomic mass is 9.97. The first-order chi connectivity index (χ1) is 6.01. The quantitative estimate of drug-likeness (QED) is 0.659. The number of nitrogens with zero attached hydrogens (tertiary/aromatic N) is 1. The number of rotatable bonds is 1. The van der Waals surface area contributed by atoms with Crippen molar-refractivity contribution in [2.75, 3.05) is 20.2 Å². The Morgan fingerprint density at radius 3 is 2.69 bits per heavy atom. The lowest BCUT2D eigenvalue weighted by Gasteiger charge is -2.29. The van der Waals surface area contributed by atoms with Gasteiger partial charge < -0.3 is 15.4 Å². The van der Waals surface area contributed by atoms with Gasteiger partial charge in [0.1, 0.15) is 0 Å². The van der Waals surface area contributed by atoms with Crippen molar-refractivity contribution >= 4 is 6.09 Å². The molecule has 4 heteroatoms. The third-order valence-corrected chi connectivity index (χ3v) is 2.69. The van der Waals surface area contributed by atoms with Crippen LogP contribution in [0.3, 0.4) is 0 Å². The van der Waals surface area contributed by atoms with E-state index in [1.165, 1.54) is 7.11 Å². The lowest BCUT2D eigenvalue weighted by Crippen LogP contribution is -2.42. The van der Waals surface area contributed by atoms with Gasteiger partial charge in [-0.25, -0.2) is 4.79 Å². The van der Waals surface area contributed by atoms with Gasteiger partial charge in [-0.05, 0) is 32.7 Å². The van der Waals surface area contributed by atoms with Crippen molar-refractivity contribution in [2.24, 2.45) is 11.7 Å². The van der Waals surface area contributed by atoms with Crippen LogP contribution in [0.15, 0.2) is 0 Å². The first-order valence-electron chi connectivity index (χ1n) is 4.57. The van der Waals surface area contributed by atoms with Gasteiger partial charge in [0.05, 0.1) is 7.11 Å². The molecule has 1 fully saturated rings. The third-order valence-electron chi connectivity index (χ3n) is 2.69. The first-order valence-corrected chi connectivity index (χ1v) is 4.57. The van der Waals surface area contributed by atoms with E-state index in [4.69, 9.17) is 10.5 Å². The zero-order valence-corrected chi connectivity index (χ0v) is 8.54. The molecule has 1 heterocycles. The number of nitrogens with two attached hydrogens (primary N) is 1. The Bertz CT molecular complexity index is 204. The summed E-state index contributed by atoms with van der Waals surface area (Å²) in [7, 11) is 1.41. The molecular weight excluding hydrogens is 168 g/mol. The highest BCUT2D eigenvalue weighted by Crippen LogP contribution is 2.32. The maximum Gasteiger partial charge on any atom is 0.409 e. The Morgan fingerprint density at radius 2 is 2.31 bits per heavy atom. The number of hydrogen-bond acceptors (Lipinski definition) is 3. The van der Waals surface area contributed by atoms with Crippen LogP contribution in [0.1, 0.15) is 20.3 Å². The molecule has 1 aliphatic rings. The van der Waals surface area contributed by atoms with Crippen LogP contribution in [0.5, 0.6) is 0 Å². The highest BCUT2D eigenvalue weighted by atomic mass is 16.5. The molecule has 1 atom stereocenters. The normalized spacial score (nSPS) is 26.2. The Morgan fingerprint density at radius 1 is 1.69 bits per heavy atom. The molecule has 1 unspecified atom stereocenters. The van der Waals surface area contributed by atoms with E-state index in [0.29, 0.717) is 12.5 Å². The minimum Gasteiger partial charge on any atom is -0.453 e. The van der Waals surface area contributed by atoms with E-state index in [0.717, 1.165) is 13.0 Å². The number of carbonyl (C=O) groups is 1. The van der Waals surface area contributed by atoms with Crippen LogP contribution in [0.25, 0.3) is 0 Å². The minimum atomic E-state index is -0.249. The van der Waals surface area contributed by atoms with E-state index in [-0.39, 0.29) is 11.6 Å². The van der Waals surface area contributed by atoms with E-state index in [1.54, 1.807) is 4.90 Å². The molecule has 4 nitrogen and oxygen atoms in total. The monoisotopic (exact) mass is 186 g/mol. The van der Waals surface area contributed by atoms with E-state index in [1.807, 2.05) is 13.8 Å². The van der Waals surface area contributed by atoms with E-state index in [2.05, 4.69) is 0 Å². The van der Waals surface area contributed by atoms with Crippen LogP contribution in [-0.4, -0.2) is 36.7 Å². The summed E-state index contributed by atoms with van der Waals surface area (Å²) in [5.41, 5.74) is 5.47. The van der Waals surface area contributed by atoms with Crippen molar-refractivity contribution in [1.29, 1.82) is 0 Å². The molecule has 0 saturated carbocycles. The van der Waals surface area contributed by atoms with E-state index in [9.17, 15) is 4.79 Å².